The Kier molecular flexibility index (Phi) is 6.07. The molecule has 138 valence electrons. The van der Waals surface area contributed by atoms with E-state index in [-0.39, 0.29) is 12.3 Å². The molecule has 3 saturated heterocycles. The fourth-order valence-electron chi connectivity index (χ4n) is 4.09. The van der Waals surface area contributed by atoms with Crippen LogP contribution in [0.4, 0.5) is 0 Å². The van der Waals surface area contributed by atoms with Crippen LogP contribution in [0.25, 0.3) is 0 Å². The molecule has 0 bridgehead atoms. The molecule has 3 aliphatic rings. The van der Waals surface area contributed by atoms with Crippen molar-refractivity contribution >= 4 is 5.91 Å². The first-order chi connectivity index (χ1) is 11.6. The lowest BCUT2D eigenvalue weighted by Gasteiger charge is -2.39. The third kappa shape index (κ3) is 3.89. The lowest BCUT2D eigenvalue weighted by molar-refractivity contribution is -0.717. The van der Waals surface area contributed by atoms with Crippen molar-refractivity contribution in [2.75, 3.05) is 39.3 Å². The van der Waals surface area contributed by atoms with Crippen LogP contribution in [0.3, 0.4) is 0 Å². The Balaban J connectivity index is 1.45. The van der Waals surface area contributed by atoms with Crippen LogP contribution in [0.15, 0.2) is 0 Å². The number of quaternary nitrogens is 2. The average molecular weight is 344 g/mol. The molecule has 0 saturated carbocycles. The van der Waals surface area contributed by atoms with Crippen LogP contribution in [0.5, 0.6) is 0 Å². The van der Waals surface area contributed by atoms with Gasteiger partial charge in [0.1, 0.15) is 31.0 Å². The van der Waals surface area contributed by atoms with Crippen LogP contribution in [0.1, 0.15) is 25.7 Å². The van der Waals surface area contributed by atoms with Crippen LogP contribution < -0.4 is 11.1 Å². The van der Waals surface area contributed by atoms with Crippen molar-refractivity contribution in [1.29, 1.82) is 0 Å². The molecule has 3 fully saturated rings. The average Bonchev–Trinajstić information content (AvgIpc) is 2.90. The van der Waals surface area contributed by atoms with Gasteiger partial charge in [-0.2, -0.15) is 0 Å². The zero-order valence-corrected chi connectivity index (χ0v) is 14.3. The van der Waals surface area contributed by atoms with Gasteiger partial charge in [-0.3, -0.25) is 9.69 Å². The summed E-state index contributed by atoms with van der Waals surface area (Å²) in [5, 5.41) is 22.3. The molecule has 0 radical (unpaired) electrons. The van der Waals surface area contributed by atoms with Gasteiger partial charge in [-0.05, 0) is 12.8 Å². The number of nitrogens with zero attached hydrogens (tertiary/aromatic N) is 2. The van der Waals surface area contributed by atoms with Crippen molar-refractivity contribution in [1.82, 2.24) is 9.80 Å². The molecule has 5 atom stereocenters. The number of rotatable bonds is 4. The molecule has 1 amide bonds. The van der Waals surface area contributed by atoms with Gasteiger partial charge in [0.2, 0.25) is 5.91 Å². The van der Waals surface area contributed by atoms with E-state index in [1.165, 1.54) is 25.8 Å². The van der Waals surface area contributed by atoms with Gasteiger partial charge >= 0.3 is 0 Å². The lowest BCUT2D eigenvalue weighted by atomic mass is 10.0. The molecule has 0 aromatic carbocycles. The molecule has 24 heavy (non-hydrogen) atoms. The molecule has 3 aliphatic heterocycles. The number of hydrogen-bond donors (Lipinski definition) is 4. The van der Waals surface area contributed by atoms with Crippen LogP contribution in [0, 0.1) is 0 Å². The largest absolute Gasteiger partial charge is 0.388 e. The molecule has 8 nitrogen and oxygen atoms in total. The molecular weight excluding hydrogens is 312 g/mol. The summed E-state index contributed by atoms with van der Waals surface area (Å²) >= 11 is 0. The normalized spacial score (nSPS) is 38.5. The number of carbonyl (C=O) groups excluding carboxylic acids is 1. The van der Waals surface area contributed by atoms with Crippen molar-refractivity contribution in [3.05, 3.63) is 0 Å². The smallest absolute Gasteiger partial charge is 0.225 e. The second-order valence-electron chi connectivity index (χ2n) is 7.19. The first-order valence-corrected chi connectivity index (χ1v) is 9.26. The second-order valence-corrected chi connectivity index (χ2v) is 7.19. The van der Waals surface area contributed by atoms with Gasteiger partial charge in [-0.25, -0.2) is 0 Å². The van der Waals surface area contributed by atoms with E-state index >= 15 is 0 Å². The van der Waals surface area contributed by atoms with Crippen molar-refractivity contribution in [2.45, 2.75) is 56.3 Å². The van der Waals surface area contributed by atoms with E-state index in [2.05, 4.69) is 16.0 Å². The molecule has 1 unspecified atom stereocenters. The fourth-order valence-corrected chi connectivity index (χ4v) is 4.09. The molecule has 3 heterocycles. The van der Waals surface area contributed by atoms with Crippen LogP contribution >= 0.6 is 0 Å². The molecule has 0 aromatic heterocycles. The van der Waals surface area contributed by atoms with Gasteiger partial charge in [0, 0.05) is 32.6 Å². The lowest BCUT2D eigenvalue weighted by Crippen LogP contribution is -2.95. The SMILES string of the molecule is [NH3+]C[C@H]1O[C@H](CC(=O)N2CCN(C3CCCC[NH2+]3)CC2)[C@H](O)[C@@H]1O. The molecule has 3 rings (SSSR count). The van der Waals surface area contributed by atoms with E-state index in [4.69, 9.17) is 4.74 Å². The summed E-state index contributed by atoms with van der Waals surface area (Å²) in [4.78, 5) is 16.8. The Morgan fingerprint density at radius 3 is 2.42 bits per heavy atom. The van der Waals surface area contributed by atoms with E-state index in [0.717, 1.165) is 26.2 Å². The highest BCUT2D eigenvalue weighted by atomic mass is 16.5. The van der Waals surface area contributed by atoms with Gasteiger partial charge < -0.3 is 30.9 Å². The summed E-state index contributed by atoms with van der Waals surface area (Å²) in [6.45, 7) is 4.87. The molecule has 8 heteroatoms. The first-order valence-electron chi connectivity index (χ1n) is 9.26. The topological polar surface area (TPSA) is 117 Å². The van der Waals surface area contributed by atoms with E-state index in [1.807, 2.05) is 4.90 Å². The molecule has 0 aromatic rings. The van der Waals surface area contributed by atoms with Gasteiger partial charge in [0.25, 0.3) is 0 Å². The van der Waals surface area contributed by atoms with Crippen LogP contribution in [-0.4, -0.2) is 95.8 Å². The number of hydrogen-bond acceptors (Lipinski definition) is 5. The number of piperazine rings is 1. The monoisotopic (exact) mass is 344 g/mol. The first kappa shape index (κ1) is 18.0. The van der Waals surface area contributed by atoms with Crippen LogP contribution in [0.2, 0.25) is 0 Å². The number of amides is 1. The van der Waals surface area contributed by atoms with Crippen molar-refractivity contribution < 1.29 is 30.8 Å². The number of aliphatic hydroxyl groups is 2. The Bertz CT molecular complexity index is 424. The summed E-state index contributed by atoms with van der Waals surface area (Å²) in [5.41, 5.74) is 3.71. The van der Waals surface area contributed by atoms with Gasteiger partial charge in [-0.15, -0.1) is 0 Å². The number of piperidine rings is 1. The Hall–Kier alpha value is -0.770. The highest BCUT2D eigenvalue weighted by Gasteiger charge is 2.44. The molecule has 0 aliphatic carbocycles. The van der Waals surface area contributed by atoms with Crippen LogP contribution in [-0.2, 0) is 9.53 Å². The third-order valence-electron chi connectivity index (χ3n) is 5.65. The standard InChI is InChI=1S/C16H30N4O4/c17-10-12-16(23)15(22)11(24-12)9-14(21)20-7-5-19(6-8-20)13-3-1-2-4-18-13/h11-13,15-16,18,22-23H,1-10,17H2/p+2/t11-,12-,13?,15+,16-/m1/s1. The Morgan fingerprint density at radius 2 is 1.83 bits per heavy atom. The molecular formula is C16H32N4O4+2. The fraction of sp³-hybridized carbons (Fsp3) is 0.938. The minimum absolute atomic E-state index is 0.00300. The maximum Gasteiger partial charge on any atom is 0.225 e. The minimum Gasteiger partial charge on any atom is -0.388 e. The van der Waals surface area contributed by atoms with Crippen molar-refractivity contribution in [2.24, 2.45) is 0 Å². The summed E-state index contributed by atoms with van der Waals surface area (Å²) < 4.78 is 5.59. The number of carbonyl (C=O) groups is 1. The van der Waals surface area contributed by atoms with E-state index in [1.54, 1.807) is 0 Å². The summed E-state index contributed by atoms with van der Waals surface area (Å²) in [6, 6.07) is 0. The summed E-state index contributed by atoms with van der Waals surface area (Å²) in [5.74, 6) is 0.00300. The predicted molar refractivity (Wildman–Crippen MR) is 85.6 cm³/mol. The van der Waals surface area contributed by atoms with Crippen molar-refractivity contribution in [3.63, 3.8) is 0 Å². The van der Waals surface area contributed by atoms with Gasteiger partial charge in [0.05, 0.1) is 19.1 Å². The zero-order valence-electron chi connectivity index (χ0n) is 14.3. The zero-order chi connectivity index (χ0) is 17.1. The maximum absolute atomic E-state index is 12.5. The molecule has 7 N–H and O–H groups in total. The van der Waals surface area contributed by atoms with Crippen molar-refractivity contribution in [3.8, 4) is 0 Å². The molecule has 0 spiro atoms. The quantitative estimate of drug-likeness (QED) is 0.419. The summed E-state index contributed by atoms with van der Waals surface area (Å²) in [7, 11) is 0. The van der Waals surface area contributed by atoms with Gasteiger partial charge in [-0.1, -0.05) is 0 Å². The highest BCUT2D eigenvalue weighted by Crippen LogP contribution is 2.23. The van der Waals surface area contributed by atoms with Gasteiger partial charge in [0.15, 0.2) is 0 Å². The maximum atomic E-state index is 12.5. The summed E-state index contributed by atoms with van der Waals surface area (Å²) in [6.07, 6.45) is 1.50. The number of aliphatic hydroxyl groups excluding tert-OH is 2. The minimum atomic E-state index is -1.00. The number of ether oxygens (including phenoxy) is 1. The third-order valence-corrected chi connectivity index (χ3v) is 5.65. The predicted octanol–water partition coefficient (Wildman–Crippen LogP) is -3.67. The highest BCUT2D eigenvalue weighted by molar-refractivity contribution is 5.77. The van der Waals surface area contributed by atoms with E-state index < -0.39 is 24.4 Å². The second kappa shape index (κ2) is 8.07. The van der Waals surface area contributed by atoms with E-state index in [0.29, 0.717) is 12.7 Å². The number of nitrogens with two attached hydrogens (primary N) is 1. The Labute approximate surface area is 142 Å². The van der Waals surface area contributed by atoms with E-state index in [9.17, 15) is 15.0 Å². The Morgan fingerprint density at radius 1 is 1.12 bits per heavy atom.